The van der Waals surface area contributed by atoms with Crippen LogP contribution < -0.4 is 14.8 Å². The lowest BCUT2D eigenvalue weighted by molar-refractivity contribution is -0.122. The molecule has 134 valence electrons. The van der Waals surface area contributed by atoms with Gasteiger partial charge in [0.2, 0.25) is 0 Å². The van der Waals surface area contributed by atoms with Gasteiger partial charge in [0, 0.05) is 18.5 Å². The summed E-state index contributed by atoms with van der Waals surface area (Å²) in [6, 6.07) is 8.77. The van der Waals surface area contributed by atoms with Gasteiger partial charge in [0.25, 0.3) is 5.91 Å². The first-order valence-corrected chi connectivity index (χ1v) is 8.16. The highest BCUT2D eigenvalue weighted by Gasteiger charge is 2.16. The Bertz CT molecular complexity index is 850. The predicted molar refractivity (Wildman–Crippen MR) is 95.5 cm³/mol. The van der Waals surface area contributed by atoms with Crippen LogP contribution in [0.5, 0.6) is 11.5 Å². The Morgan fingerprint density at radius 1 is 1.23 bits per heavy atom. The molecule has 0 saturated carbocycles. The number of carbonyl (C=O) groups is 1. The molecule has 0 bridgehead atoms. The minimum absolute atomic E-state index is 0.311. The lowest BCUT2D eigenvalue weighted by Crippen LogP contribution is -2.30. The maximum absolute atomic E-state index is 12.3. The van der Waals surface area contributed by atoms with Crippen LogP contribution in [-0.2, 0) is 4.79 Å². The number of imidazole rings is 1. The van der Waals surface area contributed by atoms with Gasteiger partial charge in [-0.25, -0.2) is 15.0 Å². The molecule has 0 spiro atoms. The first-order chi connectivity index (χ1) is 12.7. The van der Waals surface area contributed by atoms with Crippen molar-refractivity contribution in [1.29, 1.82) is 0 Å². The molecule has 1 amide bonds. The zero-order chi connectivity index (χ0) is 18.4. The summed E-state index contributed by atoms with van der Waals surface area (Å²) >= 11 is 0. The third-order valence-corrected chi connectivity index (χ3v) is 3.49. The van der Waals surface area contributed by atoms with Crippen molar-refractivity contribution >= 4 is 11.7 Å². The molecule has 2 heterocycles. The van der Waals surface area contributed by atoms with Gasteiger partial charge in [-0.15, -0.1) is 0 Å². The Hall–Kier alpha value is -3.42. The molecule has 1 unspecified atom stereocenters. The smallest absolute Gasteiger partial charge is 0.266 e. The maximum atomic E-state index is 12.3. The highest BCUT2D eigenvalue weighted by atomic mass is 16.5. The first-order valence-electron chi connectivity index (χ1n) is 8.16. The summed E-state index contributed by atoms with van der Waals surface area (Å²) in [6.07, 6.45) is 5.70. The molecule has 0 aliphatic rings. The van der Waals surface area contributed by atoms with Gasteiger partial charge in [-0.05, 0) is 38.1 Å². The SMILES string of the molecule is CCOc1ccc(OC(C)C(=O)Nc2cc(-n3ccnc3)ncn2)cc1. The van der Waals surface area contributed by atoms with Crippen molar-refractivity contribution in [3.05, 3.63) is 55.4 Å². The van der Waals surface area contributed by atoms with E-state index in [1.165, 1.54) is 6.33 Å². The number of hydrogen-bond donors (Lipinski definition) is 1. The summed E-state index contributed by atoms with van der Waals surface area (Å²) in [5.41, 5.74) is 0. The second kappa shape index (κ2) is 8.11. The molecular weight excluding hydrogens is 334 g/mol. The number of ether oxygens (including phenoxy) is 2. The third kappa shape index (κ3) is 4.35. The lowest BCUT2D eigenvalue weighted by Gasteiger charge is -2.15. The van der Waals surface area contributed by atoms with Gasteiger partial charge in [-0.1, -0.05) is 0 Å². The summed E-state index contributed by atoms with van der Waals surface area (Å²) in [6.45, 7) is 4.19. The molecule has 1 N–H and O–H groups in total. The Balaban J connectivity index is 1.61. The molecule has 0 radical (unpaired) electrons. The number of amides is 1. The minimum atomic E-state index is -0.695. The van der Waals surface area contributed by atoms with Crippen LogP contribution in [0, 0.1) is 0 Å². The zero-order valence-corrected chi connectivity index (χ0v) is 14.5. The Labute approximate surface area is 150 Å². The van der Waals surface area contributed by atoms with Gasteiger partial charge in [0.15, 0.2) is 6.10 Å². The van der Waals surface area contributed by atoms with Crippen LogP contribution in [0.4, 0.5) is 5.82 Å². The highest BCUT2D eigenvalue weighted by Crippen LogP contribution is 2.19. The van der Waals surface area contributed by atoms with Gasteiger partial charge in [0.05, 0.1) is 6.61 Å². The Morgan fingerprint density at radius 2 is 2.00 bits per heavy atom. The van der Waals surface area contributed by atoms with E-state index in [1.54, 1.807) is 60.5 Å². The summed E-state index contributed by atoms with van der Waals surface area (Å²) in [5.74, 6) is 2.01. The average molecular weight is 353 g/mol. The van der Waals surface area contributed by atoms with Crippen molar-refractivity contribution in [2.45, 2.75) is 20.0 Å². The second-order valence-corrected chi connectivity index (χ2v) is 5.39. The summed E-state index contributed by atoms with van der Waals surface area (Å²) in [7, 11) is 0. The van der Waals surface area contributed by atoms with E-state index >= 15 is 0 Å². The quantitative estimate of drug-likeness (QED) is 0.702. The average Bonchev–Trinajstić information content (AvgIpc) is 3.18. The van der Waals surface area contributed by atoms with E-state index in [1.807, 2.05) is 6.92 Å². The first kappa shape index (κ1) is 17.4. The zero-order valence-electron chi connectivity index (χ0n) is 14.5. The predicted octanol–water partition coefficient (Wildman–Crippen LogP) is 2.47. The molecule has 3 aromatic rings. The number of nitrogens with zero attached hydrogens (tertiary/aromatic N) is 4. The fourth-order valence-electron chi connectivity index (χ4n) is 2.22. The molecule has 1 atom stereocenters. The number of hydrogen-bond acceptors (Lipinski definition) is 6. The van der Waals surface area contributed by atoms with Gasteiger partial charge in [0.1, 0.15) is 35.8 Å². The van der Waals surface area contributed by atoms with Gasteiger partial charge in [-0.2, -0.15) is 0 Å². The molecule has 2 aromatic heterocycles. The molecule has 0 fully saturated rings. The molecule has 0 saturated heterocycles. The topological polar surface area (TPSA) is 91.2 Å². The molecule has 8 nitrogen and oxygen atoms in total. The largest absolute Gasteiger partial charge is 0.494 e. The number of aromatic nitrogens is 4. The number of anilines is 1. The molecule has 3 rings (SSSR count). The summed E-state index contributed by atoms with van der Waals surface area (Å²) in [5, 5.41) is 2.72. The number of rotatable bonds is 7. The fourth-order valence-corrected chi connectivity index (χ4v) is 2.22. The maximum Gasteiger partial charge on any atom is 0.266 e. The van der Waals surface area contributed by atoms with Gasteiger partial charge in [-0.3, -0.25) is 9.36 Å². The van der Waals surface area contributed by atoms with Crippen LogP contribution in [-0.4, -0.2) is 38.1 Å². The fraction of sp³-hybridized carbons (Fsp3) is 0.222. The van der Waals surface area contributed by atoms with Crippen molar-refractivity contribution in [2.24, 2.45) is 0 Å². The van der Waals surface area contributed by atoms with E-state index in [9.17, 15) is 4.79 Å². The van der Waals surface area contributed by atoms with Crippen molar-refractivity contribution in [3.63, 3.8) is 0 Å². The second-order valence-electron chi connectivity index (χ2n) is 5.39. The molecule has 26 heavy (non-hydrogen) atoms. The molecular formula is C18H19N5O3. The standard InChI is InChI=1S/C18H19N5O3/c1-3-25-14-4-6-15(7-5-14)26-13(2)18(24)22-16-10-17(21-11-20-16)23-9-8-19-12-23/h4-13H,3H2,1-2H3,(H,20,21,22,24). The molecule has 1 aromatic carbocycles. The Kier molecular flexibility index (Phi) is 5.43. The van der Waals surface area contributed by atoms with Crippen LogP contribution in [0.2, 0.25) is 0 Å². The third-order valence-electron chi connectivity index (χ3n) is 3.49. The number of nitrogens with one attached hydrogen (secondary N) is 1. The molecule has 0 aliphatic heterocycles. The van der Waals surface area contributed by atoms with Crippen molar-refractivity contribution in [1.82, 2.24) is 19.5 Å². The van der Waals surface area contributed by atoms with Crippen molar-refractivity contribution in [2.75, 3.05) is 11.9 Å². The van der Waals surface area contributed by atoms with Crippen LogP contribution in [0.25, 0.3) is 5.82 Å². The van der Waals surface area contributed by atoms with E-state index in [0.29, 0.717) is 24.0 Å². The lowest BCUT2D eigenvalue weighted by atomic mass is 10.3. The molecule has 0 aliphatic carbocycles. The summed E-state index contributed by atoms with van der Waals surface area (Å²) in [4.78, 5) is 24.5. The van der Waals surface area contributed by atoms with E-state index < -0.39 is 6.10 Å². The van der Waals surface area contributed by atoms with Crippen molar-refractivity contribution < 1.29 is 14.3 Å². The summed E-state index contributed by atoms with van der Waals surface area (Å²) < 4.78 is 12.8. The number of benzene rings is 1. The van der Waals surface area contributed by atoms with E-state index in [2.05, 4.69) is 20.3 Å². The van der Waals surface area contributed by atoms with E-state index in [-0.39, 0.29) is 5.91 Å². The minimum Gasteiger partial charge on any atom is -0.494 e. The van der Waals surface area contributed by atoms with Gasteiger partial charge >= 0.3 is 0 Å². The van der Waals surface area contributed by atoms with Crippen LogP contribution in [0.1, 0.15) is 13.8 Å². The van der Waals surface area contributed by atoms with E-state index in [0.717, 1.165) is 5.75 Å². The normalized spacial score (nSPS) is 11.6. The monoisotopic (exact) mass is 353 g/mol. The molecule has 8 heteroatoms. The van der Waals surface area contributed by atoms with Crippen LogP contribution in [0.15, 0.2) is 55.4 Å². The van der Waals surface area contributed by atoms with Gasteiger partial charge < -0.3 is 14.8 Å². The Morgan fingerprint density at radius 3 is 2.69 bits per heavy atom. The van der Waals surface area contributed by atoms with Crippen molar-refractivity contribution in [3.8, 4) is 17.3 Å². The van der Waals surface area contributed by atoms with Crippen LogP contribution >= 0.6 is 0 Å². The van der Waals surface area contributed by atoms with E-state index in [4.69, 9.17) is 9.47 Å². The van der Waals surface area contributed by atoms with Crippen LogP contribution in [0.3, 0.4) is 0 Å². The highest BCUT2D eigenvalue weighted by molar-refractivity contribution is 5.93. The number of carbonyl (C=O) groups excluding carboxylic acids is 1.